The minimum absolute atomic E-state index is 0.271. The molecule has 5 nitrogen and oxygen atoms in total. The SMILES string of the molecule is Nc1c2c(nc3ccccc13)CCCC2OCC(=O)O. The minimum atomic E-state index is -0.968. The summed E-state index contributed by atoms with van der Waals surface area (Å²) in [5, 5.41) is 9.66. The third-order valence-corrected chi connectivity index (χ3v) is 3.66. The van der Waals surface area contributed by atoms with Crippen LogP contribution in [-0.4, -0.2) is 22.7 Å². The minimum Gasteiger partial charge on any atom is -0.480 e. The van der Waals surface area contributed by atoms with Gasteiger partial charge in [-0.05, 0) is 25.3 Å². The number of carbonyl (C=O) groups is 1. The number of aromatic nitrogens is 1. The van der Waals surface area contributed by atoms with Crippen LogP contribution in [0.3, 0.4) is 0 Å². The van der Waals surface area contributed by atoms with Crippen molar-refractivity contribution in [2.75, 3.05) is 12.3 Å². The van der Waals surface area contributed by atoms with Gasteiger partial charge in [-0.2, -0.15) is 0 Å². The Hall–Kier alpha value is -2.14. The highest BCUT2D eigenvalue weighted by atomic mass is 16.5. The molecule has 1 aliphatic carbocycles. The number of nitrogens with zero attached hydrogens (tertiary/aromatic N) is 1. The number of para-hydroxylation sites is 1. The van der Waals surface area contributed by atoms with Crippen LogP contribution in [0.25, 0.3) is 10.9 Å². The molecular weight excluding hydrogens is 256 g/mol. The zero-order valence-corrected chi connectivity index (χ0v) is 11.0. The van der Waals surface area contributed by atoms with Crippen LogP contribution >= 0.6 is 0 Å². The third-order valence-electron chi connectivity index (χ3n) is 3.66. The molecule has 0 amide bonds. The van der Waals surface area contributed by atoms with Crippen molar-refractivity contribution in [1.29, 1.82) is 0 Å². The molecule has 3 rings (SSSR count). The number of benzene rings is 1. The normalized spacial score (nSPS) is 17.9. The summed E-state index contributed by atoms with van der Waals surface area (Å²) in [6.07, 6.45) is 2.30. The highest BCUT2D eigenvalue weighted by molar-refractivity contribution is 5.92. The maximum atomic E-state index is 10.7. The molecule has 0 aliphatic heterocycles. The molecule has 104 valence electrons. The first-order chi connectivity index (χ1) is 9.66. The summed E-state index contributed by atoms with van der Waals surface area (Å²) in [4.78, 5) is 15.3. The Morgan fingerprint density at radius 2 is 2.25 bits per heavy atom. The molecule has 0 saturated heterocycles. The van der Waals surface area contributed by atoms with E-state index in [1.807, 2.05) is 24.3 Å². The second-order valence-electron chi connectivity index (χ2n) is 4.99. The molecule has 1 atom stereocenters. The van der Waals surface area contributed by atoms with Gasteiger partial charge in [-0.15, -0.1) is 0 Å². The maximum Gasteiger partial charge on any atom is 0.329 e. The van der Waals surface area contributed by atoms with Crippen molar-refractivity contribution in [1.82, 2.24) is 4.98 Å². The van der Waals surface area contributed by atoms with Crippen LogP contribution in [0, 0.1) is 0 Å². The fourth-order valence-corrected chi connectivity index (χ4v) is 2.79. The summed E-state index contributed by atoms with van der Waals surface area (Å²) in [6, 6.07) is 7.72. The first kappa shape index (κ1) is 12.9. The molecule has 1 heterocycles. The first-order valence-electron chi connectivity index (χ1n) is 6.67. The lowest BCUT2D eigenvalue weighted by Gasteiger charge is -2.26. The van der Waals surface area contributed by atoms with E-state index in [4.69, 9.17) is 15.6 Å². The summed E-state index contributed by atoms with van der Waals surface area (Å²) < 4.78 is 5.48. The van der Waals surface area contributed by atoms with Crippen molar-refractivity contribution in [3.8, 4) is 0 Å². The second kappa shape index (κ2) is 5.09. The van der Waals surface area contributed by atoms with Gasteiger partial charge in [0.25, 0.3) is 0 Å². The van der Waals surface area contributed by atoms with Crippen LogP contribution in [0.15, 0.2) is 24.3 Å². The zero-order valence-electron chi connectivity index (χ0n) is 11.0. The highest BCUT2D eigenvalue weighted by Crippen LogP contribution is 2.38. The number of rotatable bonds is 3. The monoisotopic (exact) mass is 272 g/mol. The number of aryl methyl sites for hydroxylation is 1. The number of ether oxygens (including phenoxy) is 1. The summed E-state index contributed by atoms with van der Waals surface area (Å²) in [5.41, 5.74) is 9.62. The van der Waals surface area contributed by atoms with Crippen molar-refractivity contribution in [3.05, 3.63) is 35.5 Å². The van der Waals surface area contributed by atoms with Crippen LogP contribution in [-0.2, 0) is 16.0 Å². The van der Waals surface area contributed by atoms with Gasteiger partial charge in [0.1, 0.15) is 6.61 Å². The van der Waals surface area contributed by atoms with Gasteiger partial charge in [0.15, 0.2) is 0 Å². The zero-order chi connectivity index (χ0) is 14.1. The lowest BCUT2D eigenvalue weighted by atomic mass is 9.90. The van der Waals surface area contributed by atoms with Gasteiger partial charge in [-0.1, -0.05) is 18.2 Å². The Labute approximate surface area is 116 Å². The quantitative estimate of drug-likeness (QED) is 0.895. The average Bonchev–Trinajstić information content (AvgIpc) is 2.45. The first-order valence-corrected chi connectivity index (χ1v) is 6.67. The predicted octanol–water partition coefficient (Wildman–Crippen LogP) is 2.30. The number of carboxylic acids is 1. The molecule has 20 heavy (non-hydrogen) atoms. The standard InChI is InChI=1S/C15H16N2O3/c16-15-9-4-1-2-5-10(9)17-11-6-3-7-12(14(11)15)20-8-13(18)19/h1-2,4-5,12H,3,6-8H2,(H2,16,17)(H,18,19). The van der Waals surface area contributed by atoms with Crippen molar-refractivity contribution < 1.29 is 14.6 Å². The molecular formula is C15H16N2O3. The van der Waals surface area contributed by atoms with Crippen LogP contribution in [0.4, 0.5) is 5.69 Å². The third kappa shape index (κ3) is 2.20. The van der Waals surface area contributed by atoms with E-state index in [9.17, 15) is 4.79 Å². The van der Waals surface area contributed by atoms with E-state index in [1.165, 1.54) is 0 Å². The second-order valence-corrected chi connectivity index (χ2v) is 4.99. The molecule has 1 aromatic heterocycles. The number of nitrogen functional groups attached to an aromatic ring is 1. The lowest BCUT2D eigenvalue weighted by Crippen LogP contribution is -2.19. The van der Waals surface area contributed by atoms with Crippen molar-refractivity contribution in [2.24, 2.45) is 0 Å². The molecule has 0 fully saturated rings. The Balaban J connectivity index is 2.07. The molecule has 0 spiro atoms. The topological polar surface area (TPSA) is 85.4 Å². The fraction of sp³-hybridized carbons (Fsp3) is 0.333. The fourth-order valence-electron chi connectivity index (χ4n) is 2.79. The Morgan fingerprint density at radius 1 is 1.45 bits per heavy atom. The Morgan fingerprint density at radius 3 is 3.05 bits per heavy atom. The van der Waals surface area contributed by atoms with Gasteiger partial charge >= 0.3 is 5.97 Å². The summed E-state index contributed by atoms with van der Waals surface area (Å²) in [6.45, 7) is -0.309. The van der Waals surface area contributed by atoms with Gasteiger partial charge in [0, 0.05) is 22.3 Å². The number of pyridine rings is 1. The molecule has 1 unspecified atom stereocenters. The molecule has 1 aromatic carbocycles. The predicted molar refractivity (Wildman–Crippen MR) is 75.4 cm³/mol. The summed E-state index contributed by atoms with van der Waals surface area (Å²) in [5.74, 6) is -0.968. The van der Waals surface area contributed by atoms with Crippen molar-refractivity contribution in [2.45, 2.75) is 25.4 Å². The average molecular weight is 272 g/mol. The van der Waals surface area contributed by atoms with Crippen molar-refractivity contribution in [3.63, 3.8) is 0 Å². The van der Waals surface area contributed by atoms with Gasteiger partial charge in [0.05, 0.1) is 11.6 Å². The lowest BCUT2D eigenvalue weighted by molar-refractivity contribution is -0.144. The van der Waals surface area contributed by atoms with E-state index >= 15 is 0 Å². The molecule has 0 saturated carbocycles. The maximum absolute atomic E-state index is 10.7. The number of carboxylic acid groups (broad SMARTS) is 1. The van der Waals surface area contributed by atoms with Crippen LogP contribution < -0.4 is 5.73 Å². The van der Waals surface area contributed by atoms with E-state index in [0.29, 0.717) is 5.69 Å². The Kier molecular flexibility index (Phi) is 3.28. The number of nitrogens with two attached hydrogens (primary N) is 1. The van der Waals surface area contributed by atoms with E-state index in [0.717, 1.165) is 41.4 Å². The summed E-state index contributed by atoms with van der Waals surface area (Å²) >= 11 is 0. The van der Waals surface area contributed by atoms with Gasteiger partial charge in [0.2, 0.25) is 0 Å². The molecule has 0 bridgehead atoms. The van der Waals surface area contributed by atoms with Gasteiger partial charge < -0.3 is 15.6 Å². The van der Waals surface area contributed by atoms with Crippen molar-refractivity contribution >= 4 is 22.6 Å². The Bertz CT molecular complexity index is 669. The molecule has 3 N–H and O–H groups in total. The molecule has 1 aliphatic rings. The smallest absolute Gasteiger partial charge is 0.329 e. The molecule has 0 radical (unpaired) electrons. The number of fused-ring (bicyclic) bond motifs is 2. The molecule has 5 heteroatoms. The van der Waals surface area contributed by atoms with E-state index in [1.54, 1.807) is 0 Å². The summed E-state index contributed by atoms with van der Waals surface area (Å²) in [7, 11) is 0. The van der Waals surface area contributed by atoms with E-state index in [2.05, 4.69) is 4.98 Å². The van der Waals surface area contributed by atoms with E-state index < -0.39 is 5.97 Å². The van der Waals surface area contributed by atoms with Gasteiger partial charge in [-0.25, -0.2) is 4.79 Å². The van der Waals surface area contributed by atoms with Gasteiger partial charge in [-0.3, -0.25) is 4.98 Å². The van der Waals surface area contributed by atoms with Crippen LogP contribution in [0.2, 0.25) is 0 Å². The number of anilines is 1. The van der Waals surface area contributed by atoms with E-state index in [-0.39, 0.29) is 12.7 Å². The van der Waals surface area contributed by atoms with Crippen LogP contribution in [0.5, 0.6) is 0 Å². The number of aliphatic carboxylic acids is 1. The van der Waals surface area contributed by atoms with Crippen LogP contribution in [0.1, 0.15) is 30.2 Å². The number of hydrogen-bond acceptors (Lipinski definition) is 4. The highest BCUT2D eigenvalue weighted by Gasteiger charge is 2.26. The number of hydrogen-bond donors (Lipinski definition) is 2. The molecule has 2 aromatic rings. The largest absolute Gasteiger partial charge is 0.480 e.